The average Bonchev–Trinajstić information content (AvgIpc) is 2.33. The Morgan fingerprint density at radius 1 is 0.923 bits per heavy atom. The molecule has 0 aliphatic rings. The van der Waals surface area contributed by atoms with Crippen molar-refractivity contribution in [3.63, 3.8) is 0 Å². The molecule has 0 unspecified atom stereocenters. The van der Waals surface area contributed by atoms with Gasteiger partial charge in [-0.15, -0.1) is 29.7 Å². The standard InChI is InChI=1S/C9H7.2ClH.H2N.Ti/c1-2-5-9-7-3-6-8(9)4-1;;;;/h1-7H;2*1H;1H2;/q-1;;;-1;+4/p-2. The molecule has 0 spiro atoms. The fourth-order valence-corrected chi connectivity index (χ4v) is 1.07. The molecule has 68 valence electrons. The van der Waals surface area contributed by atoms with Crippen molar-refractivity contribution < 1.29 is 46.5 Å². The fourth-order valence-electron chi connectivity index (χ4n) is 1.07. The molecule has 1 nitrogen and oxygen atoms in total. The Hall–Kier alpha value is 0.0843. The van der Waals surface area contributed by atoms with Gasteiger partial charge in [-0.1, -0.05) is 6.07 Å². The third-order valence-electron chi connectivity index (χ3n) is 1.55. The largest absolute Gasteiger partial charge is 4.00 e. The molecule has 0 saturated carbocycles. The van der Waals surface area contributed by atoms with Crippen LogP contribution in [0.25, 0.3) is 16.9 Å². The first kappa shape index (κ1) is 18.8. The quantitative estimate of drug-likeness (QED) is 0.359. The smallest absolute Gasteiger partial charge is 1.00 e. The van der Waals surface area contributed by atoms with Gasteiger partial charge in [-0.2, -0.15) is 17.5 Å². The molecule has 4 heteroatoms. The second-order valence-corrected chi connectivity index (χ2v) is 2.15. The summed E-state index contributed by atoms with van der Waals surface area (Å²) >= 11 is 0. The Labute approximate surface area is 106 Å². The van der Waals surface area contributed by atoms with Crippen LogP contribution >= 0.6 is 0 Å². The summed E-state index contributed by atoms with van der Waals surface area (Å²) < 4.78 is 0. The Morgan fingerprint density at radius 2 is 1.54 bits per heavy atom. The van der Waals surface area contributed by atoms with E-state index in [1.54, 1.807) is 0 Å². The van der Waals surface area contributed by atoms with Crippen LogP contribution in [0.4, 0.5) is 0 Å². The van der Waals surface area contributed by atoms with Gasteiger partial charge in [-0.3, -0.25) is 0 Å². The van der Waals surface area contributed by atoms with E-state index in [2.05, 4.69) is 42.5 Å². The first-order chi connectivity index (χ1) is 4.47. The maximum Gasteiger partial charge on any atom is 4.00 e. The van der Waals surface area contributed by atoms with Crippen LogP contribution in [0.5, 0.6) is 0 Å². The van der Waals surface area contributed by atoms with E-state index in [-0.39, 0.29) is 52.7 Å². The maximum absolute atomic E-state index is 2.12. The SMILES string of the molecule is [Cl-].[Cl-].[NH2-].[Ti+4].c1ccc2[cH-]ccc2c1. The molecule has 13 heavy (non-hydrogen) atoms. The van der Waals surface area contributed by atoms with Crippen molar-refractivity contribution in [3.05, 3.63) is 48.6 Å². The zero-order valence-electron chi connectivity index (χ0n) is 6.87. The van der Waals surface area contributed by atoms with Gasteiger partial charge in [0.25, 0.3) is 0 Å². The zero-order chi connectivity index (χ0) is 6.10. The number of halogens is 2. The summed E-state index contributed by atoms with van der Waals surface area (Å²) in [5.41, 5.74) is 0. The van der Waals surface area contributed by atoms with Crippen molar-refractivity contribution in [2.24, 2.45) is 0 Å². The number of hydrogen-bond donors (Lipinski definition) is 0. The van der Waals surface area contributed by atoms with Crippen LogP contribution in [-0.2, 0) is 21.7 Å². The second-order valence-electron chi connectivity index (χ2n) is 2.15. The molecule has 2 aromatic rings. The third-order valence-corrected chi connectivity index (χ3v) is 1.55. The van der Waals surface area contributed by atoms with Crippen molar-refractivity contribution in [2.75, 3.05) is 0 Å². The van der Waals surface area contributed by atoms with Crippen molar-refractivity contribution in [2.45, 2.75) is 0 Å². The minimum Gasteiger partial charge on any atom is -1.00 e. The molecule has 0 aromatic heterocycles. The summed E-state index contributed by atoms with van der Waals surface area (Å²) in [6.45, 7) is 0. The first-order valence-corrected chi connectivity index (χ1v) is 3.07. The molecule has 0 heterocycles. The van der Waals surface area contributed by atoms with E-state index in [4.69, 9.17) is 0 Å². The van der Waals surface area contributed by atoms with E-state index in [0.29, 0.717) is 0 Å². The van der Waals surface area contributed by atoms with Crippen LogP contribution in [0.1, 0.15) is 0 Å². The number of benzene rings is 1. The fraction of sp³-hybridized carbons (Fsp3) is 0. The maximum atomic E-state index is 2.12. The van der Waals surface area contributed by atoms with E-state index in [1.165, 1.54) is 10.8 Å². The van der Waals surface area contributed by atoms with Crippen molar-refractivity contribution >= 4 is 10.8 Å². The molecule has 0 aliphatic heterocycles. The zero-order valence-corrected chi connectivity index (χ0v) is 9.95. The van der Waals surface area contributed by atoms with Gasteiger partial charge < -0.3 is 31.0 Å². The topological polar surface area (TPSA) is 33.5 Å². The summed E-state index contributed by atoms with van der Waals surface area (Å²) in [7, 11) is 0. The minimum absolute atomic E-state index is 0. The molecule has 2 aromatic carbocycles. The Kier molecular flexibility index (Phi) is 12.5. The van der Waals surface area contributed by atoms with Crippen LogP contribution in [0.3, 0.4) is 0 Å². The molecular formula is C9H9Cl2NTi. The molecule has 0 saturated heterocycles. The van der Waals surface area contributed by atoms with Crippen LogP contribution in [0.2, 0.25) is 0 Å². The number of nitrogens with two attached hydrogens (primary N) is 1. The van der Waals surface area contributed by atoms with Crippen molar-refractivity contribution in [3.8, 4) is 0 Å². The molecule has 0 amide bonds. The van der Waals surface area contributed by atoms with Crippen LogP contribution in [-0.4, -0.2) is 0 Å². The second kappa shape index (κ2) is 8.67. The van der Waals surface area contributed by atoms with E-state index in [0.717, 1.165) is 0 Å². The van der Waals surface area contributed by atoms with Crippen molar-refractivity contribution in [1.82, 2.24) is 0 Å². The first-order valence-electron chi connectivity index (χ1n) is 3.07. The molecule has 0 bridgehead atoms. The monoisotopic (exact) mass is 249 g/mol. The van der Waals surface area contributed by atoms with Crippen LogP contribution < -0.4 is 24.8 Å². The molecule has 2 rings (SSSR count). The van der Waals surface area contributed by atoms with E-state index < -0.39 is 0 Å². The summed E-state index contributed by atoms with van der Waals surface area (Å²) in [6.07, 6.45) is 0. The van der Waals surface area contributed by atoms with Gasteiger partial charge in [0.15, 0.2) is 0 Å². The Bertz CT molecular complexity index is 292. The summed E-state index contributed by atoms with van der Waals surface area (Å²) in [4.78, 5) is 0. The Balaban J connectivity index is -0.000000250. The third kappa shape index (κ3) is 4.21. The molecule has 0 aliphatic carbocycles. The summed E-state index contributed by atoms with van der Waals surface area (Å²) in [5, 5.41) is 2.66. The van der Waals surface area contributed by atoms with Gasteiger partial charge >= 0.3 is 21.7 Å². The van der Waals surface area contributed by atoms with E-state index in [9.17, 15) is 0 Å². The summed E-state index contributed by atoms with van der Waals surface area (Å²) in [5.74, 6) is 0. The van der Waals surface area contributed by atoms with Gasteiger partial charge in [0.1, 0.15) is 0 Å². The van der Waals surface area contributed by atoms with Crippen LogP contribution in [0.15, 0.2) is 42.5 Å². The Morgan fingerprint density at radius 3 is 2.15 bits per heavy atom. The normalized spacial score (nSPS) is 7.08. The predicted molar refractivity (Wildman–Crippen MR) is 44.8 cm³/mol. The molecular weight excluding hydrogens is 241 g/mol. The molecule has 0 atom stereocenters. The van der Waals surface area contributed by atoms with Gasteiger partial charge in [-0.25, -0.2) is 0 Å². The van der Waals surface area contributed by atoms with Crippen LogP contribution in [0, 0.1) is 0 Å². The number of rotatable bonds is 0. The van der Waals surface area contributed by atoms with Gasteiger partial charge in [-0.05, 0) is 0 Å². The van der Waals surface area contributed by atoms with Gasteiger partial charge in [0.05, 0.1) is 0 Å². The average molecular weight is 250 g/mol. The minimum atomic E-state index is 0. The molecule has 0 radical (unpaired) electrons. The number of fused-ring (bicyclic) bond motifs is 1. The summed E-state index contributed by atoms with van der Waals surface area (Å²) in [6, 6.07) is 14.7. The molecule has 2 N–H and O–H groups in total. The van der Waals surface area contributed by atoms with Gasteiger partial charge in [0, 0.05) is 0 Å². The van der Waals surface area contributed by atoms with E-state index in [1.807, 2.05) is 0 Å². The molecule has 0 fully saturated rings. The number of hydrogen-bond acceptors (Lipinski definition) is 0. The van der Waals surface area contributed by atoms with E-state index >= 15 is 0 Å². The van der Waals surface area contributed by atoms with Crippen molar-refractivity contribution in [1.29, 1.82) is 0 Å². The van der Waals surface area contributed by atoms with Gasteiger partial charge in [0.2, 0.25) is 0 Å². The predicted octanol–water partition coefficient (Wildman–Crippen LogP) is -2.72.